The summed E-state index contributed by atoms with van der Waals surface area (Å²) < 4.78 is 7.10. The third kappa shape index (κ3) is 5.48. The summed E-state index contributed by atoms with van der Waals surface area (Å²) in [6.07, 6.45) is 2.57. The Hall–Kier alpha value is -2.63. The molecule has 3 aromatic heterocycles. The van der Waals surface area contributed by atoms with Crippen LogP contribution in [0.5, 0.6) is 0 Å². The Morgan fingerprint density at radius 1 is 1.17 bits per heavy atom. The molecule has 220 valence electrons. The van der Waals surface area contributed by atoms with E-state index in [1.807, 2.05) is 5.38 Å². The monoisotopic (exact) mass is 578 g/mol. The van der Waals surface area contributed by atoms with Gasteiger partial charge in [-0.05, 0) is 67.5 Å². The van der Waals surface area contributed by atoms with E-state index in [-0.39, 0.29) is 5.41 Å². The molecule has 0 radical (unpaired) electrons. The van der Waals surface area contributed by atoms with Crippen molar-refractivity contribution in [3.8, 4) is 0 Å². The second kappa shape index (κ2) is 10.9. The van der Waals surface area contributed by atoms with E-state index in [4.69, 9.17) is 15.5 Å². The van der Waals surface area contributed by atoms with Gasteiger partial charge in [-0.3, -0.25) is 4.90 Å². The third-order valence-corrected chi connectivity index (χ3v) is 10.0. The highest BCUT2D eigenvalue weighted by Gasteiger charge is 2.46. The molecule has 1 aliphatic carbocycles. The van der Waals surface area contributed by atoms with Gasteiger partial charge in [-0.1, -0.05) is 26.8 Å². The average Bonchev–Trinajstić information content (AvgIpc) is 3.58. The molecule has 1 aliphatic heterocycles. The maximum atomic E-state index is 11.0. The van der Waals surface area contributed by atoms with Crippen molar-refractivity contribution in [2.75, 3.05) is 12.3 Å². The number of ether oxygens (including phenoxy) is 1. The second-order valence-corrected chi connectivity index (χ2v) is 14.1. The van der Waals surface area contributed by atoms with Gasteiger partial charge in [-0.2, -0.15) is 0 Å². The number of aromatic amines is 1. The first-order valence-corrected chi connectivity index (χ1v) is 15.6. The molecule has 0 bridgehead atoms. The van der Waals surface area contributed by atoms with E-state index in [1.165, 1.54) is 23.2 Å². The molecular weight excluding hydrogens is 536 g/mol. The van der Waals surface area contributed by atoms with Crippen LogP contribution in [-0.4, -0.2) is 72.0 Å². The van der Waals surface area contributed by atoms with Gasteiger partial charge in [0.1, 0.15) is 36.3 Å². The van der Waals surface area contributed by atoms with Gasteiger partial charge in [0.2, 0.25) is 0 Å². The van der Waals surface area contributed by atoms with E-state index in [2.05, 4.69) is 72.7 Å². The molecule has 5 N–H and O–H groups in total. The summed E-state index contributed by atoms with van der Waals surface area (Å²) in [5, 5.41) is 23.8. The SMILES string of the molecule is CC(C)N(CC1OC(c2csc3c(N)ncnc23)C(O)C1O)C1CC(CCc2nc3cc(C(C)(C)C)ccc3[nH]2)C1. The predicted octanol–water partition coefficient (Wildman–Crippen LogP) is 4.73. The molecule has 1 saturated heterocycles. The Labute approximate surface area is 245 Å². The maximum Gasteiger partial charge on any atom is 0.144 e. The molecule has 4 heterocycles. The predicted molar refractivity (Wildman–Crippen MR) is 163 cm³/mol. The maximum absolute atomic E-state index is 11.0. The number of hydrogen-bond acceptors (Lipinski definition) is 9. The fourth-order valence-electron chi connectivity index (χ4n) is 6.43. The number of nitrogen functional groups attached to an aromatic ring is 1. The van der Waals surface area contributed by atoms with Gasteiger partial charge in [0.15, 0.2) is 0 Å². The van der Waals surface area contributed by atoms with Crippen LogP contribution in [0.15, 0.2) is 29.9 Å². The second-order valence-electron chi connectivity index (χ2n) is 13.2. The normalized spacial score (nSPS) is 27.0. The van der Waals surface area contributed by atoms with Crippen molar-refractivity contribution in [1.29, 1.82) is 0 Å². The first-order valence-electron chi connectivity index (χ1n) is 14.7. The Balaban J connectivity index is 1.06. The topological polar surface area (TPSA) is 133 Å². The number of nitrogens with two attached hydrogens (primary N) is 1. The molecule has 1 aromatic carbocycles. The first kappa shape index (κ1) is 28.5. The summed E-state index contributed by atoms with van der Waals surface area (Å²) in [5.41, 5.74) is 11.0. The van der Waals surface area contributed by atoms with Crippen LogP contribution in [0.2, 0.25) is 0 Å². The molecule has 6 rings (SSSR count). The zero-order chi connectivity index (χ0) is 29.1. The molecule has 4 unspecified atom stereocenters. The van der Waals surface area contributed by atoms with Crippen molar-refractivity contribution in [2.45, 2.75) is 102 Å². The van der Waals surface area contributed by atoms with Crippen molar-refractivity contribution in [1.82, 2.24) is 24.8 Å². The van der Waals surface area contributed by atoms with E-state index in [1.54, 1.807) is 0 Å². The lowest BCUT2D eigenvalue weighted by molar-refractivity contribution is -0.0432. The van der Waals surface area contributed by atoms with Crippen molar-refractivity contribution in [3.05, 3.63) is 46.9 Å². The number of nitrogens with one attached hydrogen (secondary N) is 1. The minimum Gasteiger partial charge on any atom is -0.388 e. The Morgan fingerprint density at radius 3 is 2.68 bits per heavy atom. The number of anilines is 1. The molecule has 10 heteroatoms. The largest absolute Gasteiger partial charge is 0.388 e. The van der Waals surface area contributed by atoms with Crippen LogP contribution in [0.1, 0.15) is 76.9 Å². The lowest BCUT2D eigenvalue weighted by Gasteiger charge is -2.46. The molecule has 9 nitrogen and oxygen atoms in total. The summed E-state index contributed by atoms with van der Waals surface area (Å²) >= 11 is 1.43. The fraction of sp³-hybridized carbons (Fsp3) is 0.581. The molecular formula is C31H42N6O3S. The molecule has 41 heavy (non-hydrogen) atoms. The minimum absolute atomic E-state index is 0.108. The number of aliphatic hydroxyl groups is 2. The van der Waals surface area contributed by atoms with Gasteiger partial charge in [0.05, 0.1) is 27.4 Å². The van der Waals surface area contributed by atoms with Gasteiger partial charge in [0.25, 0.3) is 0 Å². The van der Waals surface area contributed by atoms with Crippen molar-refractivity contribution >= 4 is 38.4 Å². The summed E-state index contributed by atoms with van der Waals surface area (Å²) in [6.45, 7) is 11.6. The van der Waals surface area contributed by atoms with Gasteiger partial charge in [-0.25, -0.2) is 15.0 Å². The summed E-state index contributed by atoms with van der Waals surface area (Å²) in [4.78, 5) is 19.3. The smallest absolute Gasteiger partial charge is 0.144 e. The molecule has 4 atom stereocenters. The van der Waals surface area contributed by atoms with Crippen LogP contribution in [0.25, 0.3) is 21.3 Å². The van der Waals surface area contributed by atoms with Gasteiger partial charge in [0, 0.05) is 30.6 Å². The highest BCUT2D eigenvalue weighted by molar-refractivity contribution is 7.18. The first-order chi connectivity index (χ1) is 19.5. The number of benzene rings is 1. The van der Waals surface area contributed by atoms with E-state index in [0.717, 1.165) is 52.8 Å². The molecule has 0 amide bonds. The van der Waals surface area contributed by atoms with Crippen LogP contribution < -0.4 is 5.73 Å². The van der Waals surface area contributed by atoms with Crippen LogP contribution in [-0.2, 0) is 16.6 Å². The van der Waals surface area contributed by atoms with E-state index in [9.17, 15) is 10.2 Å². The lowest BCUT2D eigenvalue weighted by Crippen LogP contribution is -2.52. The van der Waals surface area contributed by atoms with Crippen molar-refractivity contribution in [2.24, 2.45) is 5.92 Å². The molecule has 0 spiro atoms. The van der Waals surface area contributed by atoms with E-state index < -0.39 is 24.4 Å². The molecule has 1 saturated carbocycles. The number of fused-ring (bicyclic) bond motifs is 2. The lowest BCUT2D eigenvalue weighted by atomic mass is 9.76. The minimum atomic E-state index is -1.03. The number of imidazole rings is 1. The van der Waals surface area contributed by atoms with Gasteiger partial charge in [-0.15, -0.1) is 11.3 Å². The number of aromatic nitrogens is 4. The summed E-state index contributed by atoms with van der Waals surface area (Å²) in [6, 6.07) is 7.29. The van der Waals surface area contributed by atoms with Crippen LogP contribution in [0, 0.1) is 5.92 Å². The average molecular weight is 579 g/mol. The number of thiophene rings is 1. The summed E-state index contributed by atoms with van der Waals surface area (Å²) in [5.74, 6) is 2.12. The van der Waals surface area contributed by atoms with Crippen molar-refractivity contribution in [3.63, 3.8) is 0 Å². The molecule has 2 fully saturated rings. The number of H-pyrrole nitrogens is 1. The highest BCUT2D eigenvalue weighted by atomic mass is 32.1. The Morgan fingerprint density at radius 2 is 1.95 bits per heavy atom. The van der Waals surface area contributed by atoms with E-state index in [0.29, 0.717) is 35.9 Å². The standard InChI is InChI=1S/C31H42N6O3S/c1-16(2)37(13-23-26(38)27(39)28(40-23)20-14-41-29-25(20)33-15-34-30(29)32)19-10-17(11-19)6-9-24-35-21-8-7-18(31(3,4)5)12-22(21)36-24/h7-8,12,14-17,19,23,26-28,38-39H,6,9-11,13H2,1-5H3,(H,35,36)(H2,32,33,34). The van der Waals surface area contributed by atoms with Crippen LogP contribution >= 0.6 is 11.3 Å². The molecule has 2 aliphatic rings. The number of rotatable bonds is 8. The van der Waals surface area contributed by atoms with Crippen LogP contribution in [0.3, 0.4) is 0 Å². The van der Waals surface area contributed by atoms with Gasteiger partial charge >= 0.3 is 0 Å². The Kier molecular flexibility index (Phi) is 7.57. The fourth-order valence-corrected chi connectivity index (χ4v) is 7.37. The third-order valence-electron chi connectivity index (χ3n) is 9.00. The number of nitrogens with zero attached hydrogens (tertiary/aromatic N) is 4. The quantitative estimate of drug-likeness (QED) is 0.236. The van der Waals surface area contributed by atoms with Crippen LogP contribution in [0.4, 0.5) is 5.82 Å². The number of aryl methyl sites for hydroxylation is 1. The van der Waals surface area contributed by atoms with Gasteiger partial charge < -0.3 is 25.7 Å². The summed E-state index contributed by atoms with van der Waals surface area (Å²) in [7, 11) is 0. The molecule has 4 aromatic rings. The number of aliphatic hydroxyl groups excluding tert-OH is 2. The Bertz CT molecular complexity index is 1520. The highest BCUT2D eigenvalue weighted by Crippen LogP contribution is 2.42. The van der Waals surface area contributed by atoms with E-state index >= 15 is 0 Å². The van der Waals surface area contributed by atoms with Crippen molar-refractivity contribution < 1.29 is 14.9 Å². The number of hydrogen-bond donors (Lipinski definition) is 4. The zero-order valence-corrected chi connectivity index (χ0v) is 25.4. The zero-order valence-electron chi connectivity index (χ0n) is 24.5.